The second-order valence-corrected chi connectivity index (χ2v) is 7.31. The first-order valence-electron chi connectivity index (χ1n) is 10.00. The highest BCUT2D eigenvalue weighted by atomic mass is 16.5. The lowest BCUT2D eigenvalue weighted by Crippen LogP contribution is -2.29. The van der Waals surface area contributed by atoms with Gasteiger partial charge < -0.3 is 23.8 Å². The molecule has 0 spiro atoms. The van der Waals surface area contributed by atoms with Crippen LogP contribution in [0.1, 0.15) is 22.9 Å². The van der Waals surface area contributed by atoms with Crippen molar-refractivity contribution in [1.82, 2.24) is 5.16 Å². The number of aryl methyl sites for hydroxylation is 1. The number of rotatable bonds is 6. The molecule has 170 valence electrons. The quantitative estimate of drug-likeness (QED) is 0.344. The minimum atomic E-state index is -0.986. The van der Waals surface area contributed by atoms with Crippen LogP contribution in [0.5, 0.6) is 17.2 Å². The van der Waals surface area contributed by atoms with E-state index in [0.29, 0.717) is 34.1 Å². The molecule has 9 nitrogen and oxygen atoms in total. The van der Waals surface area contributed by atoms with Crippen LogP contribution in [0.25, 0.3) is 5.76 Å². The highest BCUT2D eigenvalue weighted by Gasteiger charge is 2.48. The maximum atomic E-state index is 13.2. The minimum Gasteiger partial charge on any atom is -0.507 e. The van der Waals surface area contributed by atoms with E-state index in [4.69, 9.17) is 18.7 Å². The molecule has 1 unspecified atom stereocenters. The summed E-state index contributed by atoms with van der Waals surface area (Å²) in [4.78, 5) is 27.5. The van der Waals surface area contributed by atoms with Gasteiger partial charge in [0.15, 0.2) is 17.3 Å². The predicted molar refractivity (Wildman–Crippen MR) is 119 cm³/mol. The molecule has 2 aromatic carbocycles. The molecule has 0 aliphatic carbocycles. The molecule has 1 aliphatic rings. The van der Waals surface area contributed by atoms with E-state index in [0.717, 1.165) is 0 Å². The summed E-state index contributed by atoms with van der Waals surface area (Å²) in [6.07, 6.45) is 0. The van der Waals surface area contributed by atoms with Crippen LogP contribution in [0.2, 0.25) is 0 Å². The van der Waals surface area contributed by atoms with E-state index in [1.807, 2.05) is 0 Å². The number of ether oxygens (including phenoxy) is 3. The third kappa shape index (κ3) is 3.78. The van der Waals surface area contributed by atoms with Crippen molar-refractivity contribution in [3.05, 3.63) is 71.0 Å². The van der Waals surface area contributed by atoms with E-state index in [9.17, 15) is 14.7 Å². The average Bonchev–Trinajstić information content (AvgIpc) is 3.38. The molecule has 1 fully saturated rings. The number of aliphatic hydroxyl groups is 1. The standard InChI is InChI=1S/C24H22N2O7/c1-13-10-19(25-33-13)26-21(14-8-9-17(31-3)18(12-14)32-4)20(23(28)24(26)29)22(27)15-6-5-7-16(11-15)30-2/h5-12,21,27H,1-4H3. The van der Waals surface area contributed by atoms with Crippen LogP contribution in [0.15, 0.2) is 58.6 Å². The fourth-order valence-corrected chi connectivity index (χ4v) is 3.80. The lowest BCUT2D eigenvalue weighted by molar-refractivity contribution is -0.132. The topological polar surface area (TPSA) is 111 Å². The number of amides is 1. The van der Waals surface area contributed by atoms with Crippen LogP contribution >= 0.6 is 0 Å². The van der Waals surface area contributed by atoms with Crippen LogP contribution in [0, 0.1) is 6.92 Å². The van der Waals surface area contributed by atoms with Gasteiger partial charge in [-0.05, 0) is 36.8 Å². The fraction of sp³-hybridized carbons (Fsp3) is 0.208. The molecule has 9 heteroatoms. The summed E-state index contributed by atoms with van der Waals surface area (Å²) < 4.78 is 21.1. The number of hydrogen-bond donors (Lipinski definition) is 1. The summed E-state index contributed by atoms with van der Waals surface area (Å²) >= 11 is 0. The lowest BCUT2D eigenvalue weighted by atomic mass is 9.95. The Morgan fingerprint density at radius 3 is 2.39 bits per heavy atom. The van der Waals surface area contributed by atoms with Gasteiger partial charge >= 0.3 is 5.91 Å². The molecule has 0 radical (unpaired) electrons. The zero-order valence-corrected chi connectivity index (χ0v) is 18.5. The summed E-state index contributed by atoms with van der Waals surface area (Å²) in [6.45, 7) is 1.68. The number of anilines is 1. The largest absolute Gasteiger partial charge is 0.507 e. The summed E-state index contributed by atoms with van der Waals surface area (Å²) in [5.41, 5.74) is 0.743. The van der Waals surface area contributed by atoms with Gasteiger partial charge in [0.2, 0.25) is 0 Å². The monoisotopic (exact) mass is 450 g/mol. The number of aliphatic hydroxyl groups excluding tert-OH is 1. The number of carbonyl (C=O) groups excluding carboxylic acids is 2. The van der Waals surface area contributed by atoms with Crippen molar-refractivity contribution >= 4 is 23.3 Å². The Balaban J connectivity index is 1.96. The van der Waals surface area contributed by atoms with Crippen molar-refractivity contribution in [2.45, 2.75) is 13.0 Å². The molecule has 0 saturated carbocycles. The molecule has 1 aliphatic heterocycles. The summed E-state index contributed by atoms with van der Waals surface area (Å²) in [5.74, 6) is -0.0486. The number of benzene rings is 2. The molecule has 1 N–H and O–H groups in total. The Kier molecular flexibility index (Phi) is 5.78. The summed E-state index contributed by atoms with van der Waals surface area (Å²) in [6, 6.07) is 12.1. The normalized spacial score (nSPS) is 17.3. The van der Waals surface area contributed by atoms with Gasteiger partial charge in [-0.3, -0.25) is 14.5 Å². The average molecular weight is 450 g/mol. The first kappa shape index (κ1) is 21.9. The molecule has 4 rings (SSSR count). The molecular weight excluding hydrogens is 428 g/mol. The van der Waals surface area contributed by atoms with Crippen molar-refractivity contribution in [1.29, 1.82) is 0 Å². The Morgan fingerprint density at radius 2 is 1.76 bits per heavy atom. The number of Topliss-reactive ketones (excluding diaryl/α,β-unsaturated/α-hetero) is 1. The van der Waals surface area contributed by atoms with Crippen molar-refractivity contribution in [3.8, 4) is 17.2 Å². The maximum absolute atomic E-state index is 13.2. The molecule has 33 heavy (non-hydrogen) atoms. The van der Waals surface area contributed by atoms with Crippen molar-refractivity contribution in [2.24, 2.45) is 0 Å². The van der Waals surface area contributed by atoms with Crippen LogP contribution in [0.3, 0.4) is 0 Å². The molecule has 0 bridgehead atoms. The smallest absolute Gasteiger partial charge is 0.301 e. The SMILES string of the molecule is COc1cccc(C(O)=C2C(=O)C(=O)N(c3cc(C)on3)C2c2ccc(OC)c(OC)c2)c1. The minimum absolute atomic E-state index is 0.0962. The zero-order chi connectivity index (χ0) is 23.7. The van der Waals surface area contributed by atoms with Crippen LogP contribution < -0.4 is 19.1 Å². The van der Waals surface area contributed by atoms with Gasteiger partial charge in [0.25, 0.3) is 5.78 Å². The lowest BCUT2D eigenvalue weighted by Gasteiger charge is -2.23. The van der Waals surface area contributed by atoms with E-state index in [-0.39, 0.29) is 17.2 Å². The van der Waals surface area contributed by atoms with E-state index >= 15 is 0 Å². The Hall–Kier alpha value is -4.27. The number of methoxy groups -OCH3 is 3. The second-order valence-electron chi connectivity index (χ2n) is 7.31. The highest BCUT2D eigenvalue weighted by Crippen LogP contribution is 2.44. The first-order chi connectivity index (χ1) is 15.9. The third-order valence-corrected chi connectivity index (χ3v) is 5.37. The number of nitrogens with zero attached hydrogens (tertiary/aromatic N) is 2. The molecule has 3 aromatic rings. The van der Waals surface area contributed by atoms with Gasteiger partial charge in [-0.15, -0.1) is 0 Å². The van der Waals surface area contributed by atoms with Crippen molar-refractivity contribution in [2.75, 3.05) is 26.2 Å². The first-order valence-corrected chi connectivity index (χ1v) is 10.00. The Bertz CT molecular complexity index is 1260. The van der Waals surface area contributed by atoms with Gasteiger partial charge in [-0.2, -0.15) is 0 Å². The van der Waals surface area contributed by atoms with Gasteiger partial charge in [0, 0.05) is 11.6 Å². The van der Waals surface area contributed by atoms with Gasteiger partial charge in [0.1, 0.15) is 17.3 Å². The molecule has 1 aromatic heterocycles. The van der Waals surface area contributed by atoms with Gasteiger partial charge in [-0.1, -0.05) is 23.4 Å². The van der Waals surface area contributed by atoms with Crippen molar-refractivity contribution < 1.29 is 33.4 Å². The number of carbonyl (C=O) groups is 2. The summed E-state index contributed by atoms with van der Waals surface area (Å²) in [7, 11) is 4.48. The third-order valence-electron chi connectivity index (χ3n) is 5.37. The van der Waals surface area contributed by atoms with E-state index < -0.39 is 17.7 Å². The molecule has 1 saturated heterocycles. The fourth-order valence-electron chi connectivity index (χ4n) is 3.80. The van der Waals surface area contributed by atoms with E-state index in [2.05, 4.69) is 5.16 Å². The highest BCUT2D eigenvalue weighted by molar-refractivity contribution is 6.51. The number of hydrogen-bond acceptors (Lipinski definition) is 8. The van der Waals surface area contributed by atoms with Crippen LogP contribution in [-0.4, -0.2) is 43.3 Å². The summed E-state index contributed by atoms with van der Waals surface area (Å²) in [5, 5.41) is 15.1. The molecular formula is C24H22N2O7. The Morgan fingerprint density at radius 1 is 1.00 bits per heavy atom. The second kappa shape index (κ2) is 8.70. The molecule has 1 atom stereocenters. The molecule has 2 heterocycles. The van der Waals surface area contributed by atoms with Gasteiger partial charge in [-0.25, -0.2) is 0 Å². The molecule has 1 amide bonds. The predicted octanol–water partition coefficient (Wildman–Crippen LogP) is 3.64. The Labute approximate surface area is 189 Å². The zero-order valence-electron chi connectivity index (χ0n) is 18.5. The van der Waals surface area contributed by atoms with Crippen LogP contribution in [0.4, 0.5) is 5.82 Å². The van der Waals surface area contributed by atoms with E-state index in [1.165, 1.54) is 26.2 Å². The maximum Gasteiger partial charge on any atom is 0.301 e. The van der Waals surface area contributed by atoms with E-state index in [1.54, 1.807) is 55.5 Å². The number of ketones is 1. The van der Waals surface area contributed by atoms with Gasteiger partial charge in [0.05, 0.1) is 32.9 Å². The number of aromatic nitrogens is 1. The van der Waals surface area contributed by atoms with Crippen LogP contribution in [-0.2, 0) is 9.59 Å². The van der Waals surface area contributed by atoms with Crippen molar-refractivity contribution in [3.63, 3.8) is 0 Å².